The number of nitrogens with zero attached hydrogens (tertiary/aromatic N) is 1. The molecule has 13 heavy (non-hydrogen) atoms. The summed E-state index contributed by atoms with van der Waals surface area (Å²) in [5, 5.41) is 2.88. The third kappa shape index (κ3) is 1.67. The van der Waals surface area contributed by atoms with E-state index < -0.39 is 11.4 Å². The van der Waals surface area contributed by atoms with Crippen LogP contribution in [0.15, 0.2) is 24.5 Å². The summed E-state index contributed by atoms with van der Waals surface area (Å²) < 4.78 is 0. The first-order chi connectivity index (χ1) is 6.11. The minimum Gasteiger partial charge on any atom is -0.368 e. The zero-order chi connectivity index (χ0) is 9.90. The summed E-state index contributed by atoms with van der Waals surface area (Å²) >= 11 is 0. The molecule has 1 aromatic heterocycles. The van der Waals surface area contributed by atoms with Crippen LogP contribution in [-0.2, 0) is 10.3 Å². The average Bonchev–Trinajstić information content (AvgIpc) is 2.17. The standard InChI is InChI=1S/C9H13N3O/c1-9(11-2,8(10)13)7-4-3-5-12-6-7/h3-6,11H,1-2H3,(H2,10,13). The third-order valence-corrected chi connectivity index (χ3v) is 2.23. The topological polar surface area (TPSA) is 68.0 Å². The van der Waals surface area contributed by atoms with Gasteiger partial charge < -0.3 is 11.1 Å². The Morgan fingerprint density at radius 3 is 2.77 bits per heavy atom. The predicted molar refractivity (Wildman–Crippen MR) is 49.8 cm³/mol. The van der Waals surface area contributed by atoms with Crippen molar-refractivity contribution in [1.82, 2.24) is 10.3 Å². The van der Waals surface area contributed by atoms with Crippen LogP contribution in [0.3, 0.4) is 0 Å². The van der Waals surface area contributed by atoms with Gasteiger partial charge in [-0.15, -0.1) is 0 Å². The molecule has 0 aliphatic rings. The molecule has 0 aromatic carbocycles. The molecule has 0 radical (unpaired) electrons. The van der Waals surface area contributed by atoms with Gasteiger partial charge in [0.25, 0.3) is 0 Å². The maximum Gasteiger partial charge on any atom is 0.242 e. The van der Waals surface area contributed by atoms with Crippen molar-refractivity contribution in [3.8, 4) is 0 Å². The minimum atomic E-state index is -0.839. The lowest BCUT2D eigenvalue weighted by Crippen LogP contribution is -2.48. The summed E-state index contributed by atoms with van der Waals surface area (Å²) in [5.41, 5.74) is 5.21. The lowest BCUT2D eigenvalue weighted by atomic mass is 9.93. The Labute approximate surface area is 77.2 Å². The normalized spacial score (nSPS) is 14.9. The van der Waals surface area contributed by atoms with Gasteiger partial charge >= 0.3 is 0 Å². The Hall–Kier alpha value is -1.42. The number of hydrogen-bond donors (Lipinski definition) is 2. The quantitative estimate of drug-likeness (QED) is 0.686. The van der Waals surface area contributed by atoms with E-state index in [1.54, 1.807) is 32.4 Å². The molecule has 0 spiro atoms. The van der Waals surface area contributed by atoms with Crippen LogP contribution in [0.25, 0.3) is 0 Å². The minimum absolute atomic E-state index is 0.414. The van der Waals surface area contributed by atoms with Crippen molar-refractivity contribution in [2.45, 2.75) is 12.5 Å². The van der Waals surface area contributed by atoms with Gasteiger partial charge in [0, 0.05) is 12.4 Å². The van der Waals surface area contributed by atoms with Crippen LogP contribution in [0.1, 0.15) is 12.5 Å². The molecule has 1 amide bonds. The maximum absolute atomic E-state index is 11.2. The summed E-state index contributed by atoms with van der Waals surface area (Å²) in [5.74, 6) is -0.414. The van der Waals surface area contributed by atoms with Crippen LogP contribution in [-0.4, -0.2) is 17.9 Å². The fraction of sp³-hybridized carbons (Fsp3) is 0.333. The number of primary amides is 1. The molecule has 3 N–H and O–H groups in total. The number of nitrogens with one attached hydrogen (secondary N) is 1. The first kappa shape index (κ1) is 9.67. The van der Waals surface area contributed by atoms with Crippen molar-refractivity contribution < 1.29 is 4.79 Å². The number of amides is 1. The Morgan fingerprint density at radius 2 is 2.38 bits per heavy atom. The van der Waals surface area contributed by atoms with Crippen molar-refractivity contribution in [2.24, 2.45) is 5.73 Å². The molecule has 1 unspecified atom stereocenters. The SMILES string of the molecule is CNC(C)(C(N)=O)c1cccnc1. The fourth-order valence-electron chi connectivity index (χ4n) is 1.07. The van der Waals surface area contributed by atoms with Crippen LogP contribution in [0.4, 0.5) is 0 Å². The van der Waals surface area contributed by atoms with Crippen molar-refractivity contribution >= 4 is 5.91 Å². The summed E-state index contributed by atoms with van der Waals surface area (Å²) in [7, 11) is 1.69. The van der Waals surface area contributed by atoms with Gasteiger partial charge in [-0.1, -0.05) is 6.07 Å². The molecule has 1 rings (SSSR count). The molecule has 0 aliphatic heterocycles. The van der Waals surface area contributed by atoms with Crippen molar-refractivity contribution in [3.05, 3.63) is 30.1 Å². The predicted octanol–water partition coefficient (Wildman–Crippen LogP) is 0.00150. The van der Waals surface area contributed by atoms with E-state index in [9.17, 15) is 4.79 Å². The lowest BCUT2D eigenvalue weighted by Gasteiger charge is -2.25. The Bertz CT molecular complexity index is 299. The molecular weight excluding hydrogens is 166 g/mol. The smallest absolute Gasteiger partial charge is 0.242 e. The van der Waals surface area contributed by atoms with E-state index in [2.05, 4.69) is 10.3 Å². The van der Waals surface area contributed by atoms with Crippen molar-refractivity contribution in [3.63, 3.8) is 0 Å². The highest BCUT2D eigenvalue weighted by Gasteiger charge is 2.31. The fourth-order valence-corrected chi connectivity index (χ4v) is 1.07. The molecule has 4 nitrogen and oxygen atoms in total. The van der Waals surface area contributed by atoms with E-state index in [0.29, 0.717) is 0 Å². The molecule has 4 heteroatoms. The number of carbonyl (C=O) groups is 1. The van der Waals surface area contributed by atoms with Crippen LogP contribution in [0, 0.1) is 0 Å². The molecule has 0 fully saturated rings. The van der Waals surface area contributed by atoms with Gasteiger partial charge in [0.15, 0.2) is 0 Å². The van der Waals surface area contributed by atoms with Crippen molar-refractivity contribution in [2.75, 3.05) is 7.05 Å². The largest absolute Gasteiger partial charge is 0.368 e. The number of hydrogen-bond acceptors (Lipinski definition) is 3. The van der Waals surface area contributed by atoms with Crippen LogP contribution in [0.2, 0.25) is 0 Å². The Kier molecular flexibility index (Phi) is 2.63. The lowest BCUT2D eigenvalue weighted by molar-refractivity contribution is -0.123. The summed E-state index contributed by atoms with van der Waals surface area (Å²) in [6, 6.07) is 3.59. The molecule has 0 saturated heterocycles. The van der Waals surface area contributed by atoms with Gasteiger partial charge in [0.1, 0.15) is 5.54 Å². The summed E-state index contributed by atoms with van der Waals surface area (Å²) in [6.45, 7) is 1.73. The highest BCUT2D eigenvalue weighted by atomic mass is 16.1. The number of pyridine rings is 1. The van der Waals surface area contributed by atoms with Gasteiger partial charge in [-0.2, -0.15) is 0 Å². The number of rotatable bonds is 3. The van der Waals surface area contributed by atoms with Gasteiger partial charge in [-0.05, 0) is 25.6 Å². The number of carbonyl (C=O) groups excluding carboxylic acids is 1. The van der Waals surface area contributed by atoms with E-state index in [-0.39, 0.29) is 0 Å². The van der Waals surface area contributed by atoms with Crippen molar-refractivity contribution in [1.29, 1.82) is 0 Å². The second kappa shape index (κ2) is 3.53. The highest BCUT2D eigenvalue weighted by molar-refractivity contribution is 5.85. The maximum atomic E-state index is 11.2. The van der Waals surface area contributed by atoms with Gasteiger partial charge in [-0.25, -0.2) is 0 Å². The molecule has 1 atom stereocenters. The molecule has 1 aromatic rings. The number of likely N-dealkylation sites (N-methyl/N-ethyl adjacent to an activating group) is 1. The van der Waals surface area contributed by atoms with Gasteiger partial charge in [0.2, 0.25) is 5.91 Å². The first-order valence-corrected chi connectivity index (χ1v) is 4.00. The summed E-state index contributed by atoms with van der Waals surface area (Å²) in [4.78, 5) is 15.1. The molecule has 70 valence electrons. The number of nitrogens with two attached hydrogens (primary N) is 1. The second-order valence-corrected chi connectivity index (χ2v) is 2.98. The summed E-state index contributed by atoms with van der Waals surface area (Å²) in [6.07, 6.45) is 3.28. The molecular formula is C9H13N3O. The van der Waals surface area contributed by atoms with Crippen LogP contribution < -0.4 is 11.1 Å². The van der Waals surface area contributed by atoms with Crippen LogP contribution in [0.5, 0.6) is 0 Å². The zero-order valence-electron chi connectivity index (χ0n) is 7.74. The highest BCUT2D eigenvalue weighted by Crippen LogP contribution is 2.17. The van der Waals surface area contributed by atoms with Gasteiger partial charge in [-0.3, -0.25) is 9.78 Å². The van der Waals surface area contributed by atoms with E-state index >= 15 is 0 Å². The van der Waals surface area contributed by atoms with Gasteiger partial charge in [0.05, 0.1) is 0 Å². The molecule has 1 heterocycles. The Morgan fingerprint density at radius 1 is 1.69 bits per heavy atom. The Balaban J connectivity index is 3.11. The van der Waals surface area contributed by atoms with E-state index in [4.69, 9.17) is 5.73 Å². The van der Waals surface area contributed by atoms with E-state index in [0.717, 1.165) is 5.56 Å². The number of aromatic nitrogens is 1. The van der Waals surface area contributed by atoms with Crippen LogP contribution >= 0.6 is 0 Å². The second-order valence-electron chi connectivity index (χ2n) is 2.98. The molecule has 0 bridgehead atoms. The average molecular weight is 179 g/mol. The van der Waals surface area contributed by atoms with E-state index in [1.165, 1.54) is 0 Å². The van der Waals surface area contributed by atoms with E-state index in [1.807, 2.05) is 6.07 Å². The monoisotopic (exact) mass is 179 g/mol. The molecule has 0 aliphatic carbocycles. The molecule has 0 saturated carbocycles. The zero-order valence-corrected chi connectivity index (χ0v) is 7.74. The first-order valence-electron chi connectivity index (χ1n) is 4.00. The third-order valence-electron chi connectivity index (χ3n) is 2.23.